The summed E-state index contributed by atoms with van der Waals surface area (Å²) in [5.74, 6) is 1.74. The molecule has 0 aliphatic carbocycles. The number of aromatic nitrogens is 3. The summed E-state index contributed by atoms with van der Waals surface area (Å²) in [6, 6.07) is 1.97. The van der Waals surface area contributed by atoms with Gasteiger partial charge in [-0.15, -0.1) is 24.0 Å². The van der Waals surface area contributed by atoms with Crippen LogP contribution in [0.5, 0.6) is 0 Å². The summed E-state index contributed by atoms with van der Waals surface area (Å²) in [6.45, 7) is 1.37. The predicted octanol–water partition coefficient (Wildman–Crippen LogP) is 2.30. The third kappa shape index (κ3) is 5.27. The highest BCUT2D eigenvalue weighted by molar-refractivity contribution is 14.0. The van der Waals surface area contributed by atoms with Crippen molar-refractivity contribution in [3.05, 3.63) is 34.9 Å². The van der Waals surface area contributed by atoms with Crippen LogP contribution < -0.4 is 10.2 Å². The normalized spacial score (nSPS) is 11.2. The molecule has 0 bridgehead atoms. The number of halogens is 2. The monoisotopic (exact) mass is 479 g/mol. The summed E-state index contributed by atoms with van der Waals surface area (Å²) in [4.78, 5) is 12.8. The molecule has 0 aromatic carbocycles. The molecule has 0 atom stereocenters. The molecule has 0 spiro atoms. The molecule has 0 amide bonds. The van der Waals surface area contributed by atoms with Crippen LogP contribution in [0.1, 0.15) is 11.4 Å². The minimum Gasteiger partial charge on any atom is -0.351 e. The third-order valence-electron chi connectivity index (χ3n) is 3.93. The first-order valence-corrected chi connectivity index (χ1v) is 8.11. The lowest BCUT2D eigenvalue weighted by molar-refractivity contribution is 0.460. The summed E-state index contributed by atoms with van der Waals surface area (Å²) in [6.07, 6.45) is 3.78. The van der Waals surface area contributed by atoms with E-state index in [1.807, 2.05) is 63.2 Å². The van der Waals surface area contributed by atoms with Crippen LogP contribution >= 0.6 is 35.6 Å². The fraction of sp³-hybridized carbons (Fsp3) is 0.500. The van der Waals surface area contributed by atoms with Gasteiger partial charge in [0.05, 0.1) is 30.0 Å². The van der Waals surface area contributed by atoms with Crippen molar-refractivity contribution in [2.24, 2.45) is 19.1 Å². The number of anilines is 1. The van der Waals surface area contributed by atoms with E-state index in [1.165, 1.54) is 0 Å². The van der Waals surface area contributed by atoms with Gasteiger partial charge in [-0.25, -0.2) is 4.98 Å². The molecule has 0 saturated heterocycles. The Balaban J connectivity index is 0.00000312. The van der Waals surface area contributed by atoms with E-state index in [9.17, 15) is 0 Å². The van der Waals surface area contributed by atoms with Crippen molar-refractivity contribution in [2.45, 2.75) is 13.1 Å². The first-order chi connectivity index (χ1) is 11.3. The van der Waals surface area contributed by atoms with Crippen LogP contribution in [0.25, 0.3) is 0 Å². The third-order valence-corrected chi connectivity index (χ3v) is 4.14. The molecule has 0 aliphatic heterocycles. The van der Waals surface area contributed by atoms with Crippen LogP contribution in [-0.4, -0.2) is 53.2 Å². The molecular formula is C16H27ClIN7. The van der Waals surface area contributed by atoms with Gasteiger partial charge >= 0.3 is 0 Å². The van der Waals surface area contributed by atoms with Crippen molar-refractivity contribution in [1.82, 2.24) is 24.3 Å². The van der Waals surface area contributed by atoms with Crippen molar-refractivity contribution < 1.29 is 0 Å². The fourth-order valence-corrected chi connectivity index (χ4v) is 2.88. The number of rotatable bonds is 5. The molecule has 1 N–H and O–H groups in total. The van der Waals surface area contributed by atoms with Gasteiger partial charge in [-0.3, -0.25) is 4.99 Å². The van der Waals surface area contributed by atoms with Crippen molar-refractivity contribution in [2.75, 3.05) is 33.1 Å². The Kier molecular flexibility index (Phi) is 8.07. The molecule has 0 unspecified atom stereocenters. The molecule has 140 valence electrons. The molecule has 0 radical (unpaired) electrons. The van der Waals surface area contributed by atoms with Crippen LogP contribution in [0.4, 0.5) is 5.95 Å². The van der Waals surface area contributed by atoms with Gasteiger partial charge < -0.3 is 24.3 Å². The van der Waals surface area contributed by atoms with Gasteiger partial charge in [0.1, 0.15) is 0 Å². The highest BCUT2D eigenvalue weighted by Crippen LogP contribution is 2.14. The van der Waals surface area contributed by atoms with E-state index in [0.29, 0.717) is 6.54 Å². The molecular weight excluding hydrogens is 453 g/mol. The van der Waals surface area contributed by atoms with Crippen LogP contribution in [-0.2, 0) is 27.2 Å². The molecule has 2 aromatic heterocycles. The number of aryl methyl sites for hydroxylation is 1. The van der Waals surface area contributed by atoms with E-state index in [0.717, 1.165) is 34.9 Å². The number of aliphatic imine (C=N–C) groups is 1. The van der Waals surface area contributed by atoms with Crippen LogP contribution in [0.15, 0.2) is 23.5 Å². The van der Waals surface area contributed by atoms with Crippen molar-refractivity contribution in [3.8, 4) is 0 Å². The summed E-state index contributed by atoms with van der Waals surface area (Å²) < 4.78 is 4.09. The largest absolute Gasteiger partial charge is 0.351 e. The summed E-state index contributed by atoms with van der Waals surface area (Å²) in [7, 11) is 11.8. The zero-order valence-electron chi connectivity index (χ0n) is 15.6. The van der Waals surface area contributed by atoms with Crippen molar-refractivity contribution in [1.29, 1.82) is 0 Å². The number of nitrogens with one attached hydrogen (secondary N) is 1. The number of hydrogen-bond acceptors (Lipinski definition) is 3. The van der Waals surface area contributed by atoms with Gasteiger partial charge in [0.25, 0.3) is 0 Å². The molecule has 0 saturated carbocycles. The van der Waals surface area contributed by atoms with Crippen molar-refractivity contribution in [3.63, 3.8) is 0 Å². The van der Waals surface area contributed by atoms with Crippen LogP contribution in [0.2, 0.25) is 5.02 Å². The van der Waals surface area contributed by atoms with Gasteiger partial charge in [0.2, 0.25) is 5.95 Å². The summed E-state index contributed by atoms with van der Waals surface area (Å²) in [5, 5.41) is 4.12. The van der Waals surface area contributed by atoms with E-state index >= 15 is 0 Å². The Morgan fingerprint density at radius 3 is 2.44 bits per heavy atom. The number of guanidine groups is 1. The minimum absolute atomic E-state index is 0. The van der Waals surface area contributed by atoms with E-state index in [1.54, 1.807) is 7.05 Å². The van der Waals surface area contributed by atoms with Crippen LogP contribution in [0, 0.1) is 0 Å². The van der Waals surface area contributed by atoms with Crippen molar-refractivity contribution >= 4 is 47.5 Å². The fourth-order valence-electron chi connectivity index (χ4n) is 2.61. The molecule has 0 aliphatic rings. The second-order valence-electron chi connectivity index (χ2n) is 6.02. The molecule has 2 heterocycles. The van der Waals surface area contributed by atoms with Crippen LogP contribution in [0.3, 0.4) is 0 Å². The van der Waals surface area contributed by atoms with Gasteiger partial charge in [-0.05, 0) is 6.07 Å². The Labute approximate surface area is 171 Å². The average molecular weight is 480 g/mol. The molecule has 7 nitrogen and oxygen atoms in total. The maximum Gasteiger partial charge on any atom is 0.204 e. The molecule has 2 aromatic rings. The quantitative estimate of drug-likeness (QED) is 0.406. The Morgan fingerprint density at radius 2 is 1.96 bits per heavy atom. The van der Waals surface area contributed by atoms with E-state index in [4.69, 9.17) is 11.6 Å². The van der Waals surface area contributed by atoms with E-state index in [2.05, 4.69) is 24.8 Å². The topological polar surface area (TPSA) is 53.6 Å². The first kappa shape index (κ1) is 21.6. The summed E-state index contributed by atoms with van der Waals surface area (Å²) in [5.41, 5.74) is 2.22. The van der Waals surface area contributed by atoms with Gasteiger partial charge in [0, 0.05) is 54.2 Å². The number of hydrogen-bond donors (Lipinski definition) is 1. The minimum atomic E-state index is 0. The first-order valence-electron chi connectivity index (χ1n) is 7.74. The highest BCUT2D eigenvalue weighted by atomic mass is 127. The molecule has 25 heavy (non-hydrogen) atoms. The van der Waals surface area contributed by atoms with E-state index in [-0.39, 0.29) is 24.0 Å². The number of nitrogens with zero attached hydrogens (tertiary/aromatic N) is 6. The number of imidazole rings is 1. The second kappa shape index (κ2) is 9.33. The smallest absolute Gasteiger partial charge is 0.204 e. The molecule has 0 fully saturated rings. The van der Waals surface area contributed by atoms with Gasteiger partial charge in [0.15, 0.2) is 5.96 Å². The SMILES string of the molecule is CN=C(NCc1cnc(N(C)C)n1C)N(C)Cc1cc(Cl)cn1C.I. The van der Waals surface area contributed by atoms with Gasteiger partial charge in [-0.1, -0.05) is 11.6 Å². The lowest BCUT2D eigenvalue weighted by atomic mass is 10.4. The second-order valence-corrected chi connectivity index (χ2v) is 6.46. The zero-order valence-corrected chi connectivity index (χ0v) is 18.7. The summed E-state index contributed by atoms with van der Waals surface area (Å²) >= 11 is 6.05. The maximum absolute atomic E-state index is 6.05. The highest BCUT2D eigenvalue weighted by Gasteiger charge is 2.12. The predicted molar refractivity (Wildman–Crippen MR) is 115 cm³/mol. The Morgan fingerprint density at radius 1 is 1.28 bits per heavy atom. The standard InChI is InChI=1S/C16H26ClN7.HI/c1-18-15(23(5)11-13-7-12(17)10-22(13)4)19-8-14-9-20-16(21(2)3)24(14)6;/h7,9-10H,8,11H2,1-6H3,(H,18,19);1H. The maximum atomic E-state index is 6.05. The van der Waals surface area contributed by atoms with E-state index < -0.39 is 0 Å². The lowest BCUT2D eigenvalue weighted by Crippen LogP contribution is -2.38. The molecule has 2 rings (SSSR count). The van der Waals surface area contributed by atoms with Gasteiger partial charge in [-0.2, -0.15) is 0 Å². The lowest BCUT2D eigenvalue weighted by Gasteiger charge is -2.22. The zero-order chi connectivity index (χ0) is 17.9. The Bertz CT molecular complexity index is 720. The average Bonchev–Trinajstić information content (AvgIpc) is 3.02. The molecule has 9 heteroatoms. The Hall–Kier alpha value is -1.42.